The second kappa shape index (κ2) is 6.61. The van der Waals surface area contributed by atoms with E-state index in [0.29, 0.717) is 17.5 Å². The lowest BCUT2D eigenvalue weighted by Gasteiger charge is -2.35. The highest BCUT2D eigenvalue weighted by Gasteiger charge is 2.25. The van der Waals surface area contributed by atoms with Gasteiger partial charge in [-0.1, -0.05) is 32.0 Å². The fourth-order valence-corrected chi connectivity index (χ4v) is 3.01. The Morgan fingerprint density at radius 2 is 1.86 bits per heavy atom. The van der Waals surface area contributed by atoms with Crippen molar-refractivity contribution in [3.63, 3.8) is 0 Å². The van der Waals surface area contributed by atoms with Crippen molar-refractivity contribution in [1.29, 1.82) is 0 Å². The van der Waals surface area contributed by atoms with Crippen LogP contribution >= 0.6 is 0 Å². The number of hydrogen-bond donors (Lipinski definition) is 2. The minimum Gasteiger partial charge on any atom is -0.369 e. The van der Waals surface area contributed by atoms with Crippen molar-refractivity contribution in [2.75, 3.05) is 18.4 Å². The molecule has 0 spiro atoms. The predicted octanol–water partition coefficient (Wildman–Crippen LogP) is 2.22. The van der Waals surface area contributed by atoms with Gasteiger partial charge in [-0.05, 0) is 29.9 Å². The van der Waals surface area contributed by atoms with E-state index in [4.69, 9.17) is 5.73 Å². The van der Waals surface area contributed by atoms with Crippen LogP contribution in [0.15, 0.2) is 24.3 Å². The zero-order valence-corrected chi connectivity index (χ0v) is 12.6. The van der Waals surface area contributed by atoms with Gasteiger partial charge in [-0.15, -0.1) is 0 Å². The Bertz CT molecular complexity index is 520. The van der Waals surface area contributed by atoms with E-state index in [-0.39, 0.29) is 12.5 Å². The molecule has 21 heavy (non-hydrogen) atoms. The summed E-state index contributed by atoms with van der Waals surface area (Å²) in [6.07, 6.45) is 1.28. The molecule has 3 N–H and O–H groups in total. The number of benzene rings is 1. The number of piperidine rings is 1. The number of urea groups is 1. The number of carbonyl (C=O) groups is 2. The first-order valence-corrected chi connectivity index (χ1v) is 7.38. The van der Waals surface area contributed by atoms with Gasteiger partial charge < -0.3 is 16.0 Å². The molecule has 0 radical (unpaired) electrons. The standard InChI is InChI=1S/C16H23N3O2/c1-11-7-12(2)10-19(9-11)16(21)18-14-6-4-3-5-13(14)8-15(17)20/h3-6,11-12H,7-10H2,1-2H3,(H2,17,20)(H,18,21). The van der Waals surface area contributed by atoms with Gasteiger partial charge in [-0.25, -0.2) is 4.79 Å². The summed E-state index contributed by atoms with van der Waals surface area (Å²) in [4.78, 5) is 25.3. The van der Waals surface area contributed by atoms with Gasteiger partial charge >= 0.3 is 6.03 Å². The molecule has 0 saturated carbocycles. The molecule has 3 amide bonds. The van der Waals surface area contributed by atoms with Crippen molar-refractivity contribution in [2.24, 2.45) is 17.6 Å². The van der Waals surface area contributed by atoms with E-state index in [1.165, 1.54) is 0 Å². The Morgan fingerprint density at radius 3 is 2.48 bits per heavy atom. The number of hydrogen-bond acceptors (Lipinski definition) is 2. The molecule has 2 atom stereocenters. The van der Waals surface area contributed by atoms with Crippen LogP contribution in [-0.2, 0) is 11.2 Å². The van der Waals surface area contributed by atoms with Crippen molar-refractivity contribution >= 4 is 17.6 Å². The van der Waals surface area contributed by atoms with E-state index in [1.807, 2.05) is 23.1 Å². The van der Waals surface area contributed by atoms with Crippen molar-refractivity contribution in [2.45, 2.75) is 26.7 Å². The van der Waals surface area contributed by atoms with Crippen LogP contribution in [0.4, 0.5) is 10.5 Å². The molecule has 1 fully saturated rings. The SMILES string of the molecule is CC1CC(C)CN(C(=O)Nc2ccccc2CC(N)=O)C1. The maximum absolute atomic E-state index is 12.4. The molecule has 1 saturated heterocycles. The quantitative estimate of drug-likeness (QED) is 0.895. The molecule has 5 nitrogen and oxygen atoms in total. The lowest BCUT2D eigenvalue weighted by atomic mass is 9.92. The molecule has 1 aliphatic rings. The average Bonchev–Trinajstić information content (AvgIpc) is 2.39. The van der Waals surface area contributed by atoms with Crippen LogP contribution in [0.3, 0.4) is 0 Å². The number of nitrogens with zero attached hydrogens (tertiary/aromatic N) is 1. The first-order chi connectivity index (χ1) is 9.95. The van der Waals surface area contributed by atoms with E-state index in [9.17, 15) is 9.59 Å². The summed E-state index contributed by atoms with van der Waals surface area (Å²) in [5.74, 6) is 0.623. The normalized spacial score (nSPS) is 21.9. The lowest BCUT2D eigenvalue weighted by Crippen LogP contribution is -2.44. The van der Waals surface area contributed by atoms with Gasteiger partial charge in [0, 0.05) is 18.8 Å². The second-order valence-corrected chi connectivity index (χ2v) is 6.08. The van der Waals surface area contributed by atoms with Crippen molar-refractivity contribution in [3.8, 4) is 0 Å². The highest BCUT2D eigenvalue weighted by Crippen LogP contribution is 2.22. The fraction of sp³-hybridized carbons (Fsp3) is 0.500. The van der Waals surface area contributed by atoms with Gasteiger partial charge in [0.1, 0.15) is 0 Å². The summed E-state index contributed by atoms with van der Waals surface area (Å²) in [7, 11) is 0. The zero-order valence-electron chi connectivity index (χ0n) is 12.6. The highest BCUT2D eigenvalue weighted by molar-refractivity contribution is 5.91. The van der Waals surface area contributed by atoms with Gasteiger partial charge in [-0.2, -0.15) is 0 Å². The summed E-state index contributed by atoms with van der Waals surface area (Å²) in [5, 5.41) is 2.91. The van der Waals surface area contributed by atoms with Crippen molar-refractivity contribution in [3.05, 3.63) is 29.8 Å². The van der Waals surface area contributed by atoms with Crippen molar-refractivity contribution in [1.82, 2.24) is 4.90 Å². The molecule has 1 heterocycles. The smallest absolute Gasteiger partial charge is 0.321 e. The van der Waals surface area contributed by atoms with Crippen LogP contribution in [0.2, 0.25) is 0 Å². The predicted molar refractivity (Wildman–Crippen MR) is 82.9 cm³/mol. The van der Waals surface area contributed by atoms with Gasteiger partial charge in [0.2, 0.25) is 5.91 Å². The number of nitrogens with one attached hydrogen (secondary N) is 1. The molecule has 0 bridgehead atoms. The van der Waals surface area contributed by atoms with E-state index in [0.717, 1.165) is 25.1 Å². The maximum atomic E-state index is 12.4. The average molecular weight is 289 g/mol. The summed E-state index contributed by atoms with van der Waals surface area (Å²) in [6.45, 7) is 5.87. The minimum atomic E-state index is -0.406. The number of primary amides is 1. The summed E-state index contributed by atoms with van der Waals surface area (Å²) >= 11 is 0. The highest BCUT2D eigenvalue weighted by atomic mass is 16.2. The van der Waals surface area contributed by atoms with E-state index < -0.39 is 5.91 Å². The van der Waals surface area contributed by atoms with Crippen LogP contribution < -0.4 is 11.1 Å². The molecule has 2 rings (SSSR count). The molecular formula is C16H23N3O2. The van der Waals surface area contributed by atoms with Gasteiger partial charge in [0.15, 0.2) is 0 Å². The van der Waals surface area contributed by atoms with E-state index >= 15 is 0 Å². The molecule has 5 heteroatoms. The Balaban J connectivity index is 2.07. The van der Waals surface area contributed by atoms with Crippen molar-refractivity contribution < 1.29 is 9.59 Å². The number of nitrogens with two attached hydrogens (primary N) is 1. The van der Waals surface area contributed by atoms with Crippen LogP contribution in [0.1, 0.15) is 25.8 Å². The topological polar surface area (TPSA) is 75.4 Å². The van der Waals surface area contributed by atoms with Crippen LogP contribution in [0.5, 0.6) is 0 Å². The molecule has 1 aromatic carbocycles. The zero-order chi connectivity index (χ0) is 15.4. The number of amides is 3. The number of likely N-dealkylation sites (tertiary alicyclic amines) is 1. The number of carbonyl (C=O) groups excluding carboxylic acids is 2. The molecule has 0 aliphatic carbocycles. The number of rotatable bonds is 3. The van der Waals surface area contributed by atoms with Crippen LogP contribution in [-0.4, -0.2) is 29.9 Å². The summed E-state index contributed by atoms with van der Waals surface area (Å²) in [5.41, 5.74) is 6.65. The summed E-state index contributed by atoms with van der Waals surface area (Å²) < 4.78 is 0. The van der Waals surface area contributed by atoms with E-state index in [2.05, 4.69) is 19.2 Å². The molecular weight excluding hydrogens is 266 g/mol. The van der Waals surface area contributed by atoms with Gasteiger partial charge in [0.25, 0.3) is 0 Å². The number of anilines is 1. The molecule has 0 aromatic heterocycles. The first kappa shape index (κ1) is 15.4. The number of para-hydroxylation sites is 1. The minimum absolute atomic E-state index is 0.106. The third-order valence-electron chi connectivity index (χ3n) is 3.78. The van der Waals surface area contributed by atoms with Gasteiger partial charge in [0.05, 0.1) is 6.42 Å². The first-order valence-electron chi connectivity index (χ1n) is 7.38. The molecule has 1 aromatic rings. The molecule has 114 valence electrons. The largest absolute Gasteiger partial charge is 0.369 e. The lowest BCUT2D eigenvalue weighted by molar-refractivity contribution is -0.117. The third kappa shape index (κ3) is 4.21. The Morgan fingerprint density at radius 1 is 1.24 bits per heavy atom. The Labute approximate surface area is 125 Å². The molecule has 2 unspecified atom stereocenters. The van der Waals surface area contributed by atoms with Crippen LogP contribution in [0.25, 0.3) is 0 Å². The molecule has 1 aliphatic heterocycles. The van der Waals surface area contributed by atoms with Crippen LogP contribution in [0, 0.1) is 11.8 Å². The van der Waals surface area contributed by atoms with Gasteiger partial charge in [-0.3, -0.25) is 4.79 Å². The fourth-order valence-electron chi connectivity index (χ4n) is 3.01. The monoisotopic (exact) mass is 289 g/mol. The Kier molecular flexibility index (Phi) is 4.83. The van der Waals surface area contributed by atoms with E-state index in [1.54, 1.807) is 6.07 Å². The second-order valence-electron chi connectivity index (χ2n) is 6.08. The third-order valence-corrected chi connectivity index (χ3v) is 3.78. The maximum Gasteiger partial charge on any atom is 0.321 e. The summed E-state index contributed by atoms with van der Waals surface area (Å²) in [6, 6.07) is 7.17. The Hall–Kier alpha value is -2.04.